The Kier molecular flexibility index (Phi) is 5.72. The summed E-state index contributed by atoms with van der Waals surface area (Å²) in [5.74, 6) is -0.279. The normalized spacial score (nSPS) is 12.6. The lowest BCUT2D eigenvalue weighted by atomic mass is 9.86. The van der Waals surface area contributed by atoms with E-state index in [0.29, 0.717) is 6.61 Å². The molecule has 1 N–H and O–H groups in total. The monoisotopic (exact) mass is 274 g/mol. The molecule has 1 aromatic rings. The van der Waals surface area contributed by atoms with Crippen molar-refractivity contribution in [2.24, 2.45) is 0 Å². The number of ether oxygens (including phenoxy) is 1. The second-order valence-corrected chi connectivity index (χ2v) is 5.64. The molecular weight excluding hydrogens is 252 g/mol. The lowest BCUT2D eigenvalue weighted by molar-refractivity contribution is -0.125. The first-order valence-corrected chi connectivity index (χ1v) is 6.75. The van der Waals surface area contributed by atoms with Crippen LogP contribution in [0.25, 0.3) is 0 Å². The molecule has 0 fully saturated rings. The largest absolute Gasteiger partial charge is 0.372 e. The highest BCUT2D eigenvalue weighted by Crippen LogP contribution is 2.23. The molecule has 1 aromatic carbocycles. The standard InChI is InChI=1S/C16H22N2O2/c1-5-20-11-15(19)18-14(10-17)12-6-8-13(9-7-12)16(2,3)4/h6-9,14H,5,11H2,1-4H3,(H,18,19)/t14-/m0/s1. The molecule has 1 rings (SSSR count). The minimum absolute atomic E-state index is 0.0191. The summed E-state index contributed by atoms with van der Waals surface area (Å²) in [6, 6.07) is 9.21. The van der Waals surface area contributed by atoms with Crippen LogP contribution in [0.1, 0.15) is 44.9 Å². The van der Waals surface area contributed by atoms with Gasteiger partial charge in [0.1, 0.15) is 12.6 Å². The van der Waals surface area contributed by atoms with Crippen LogP contribution in [0.5, 0.6) is 0 Å². The number of hydrogen-bond donors (Lipinski definition) is 1. The van der Waals surface area contributed by atoms with Crippen molar-refractivity contribution in [3.63, 3.8) is 0 Å². The zero-order valence-corrected chi connectivity index (χ0v) is 12.6. The summed E-state index contributed by atoms with van der Waals surface area (Å²) in [5.41, 5.74) is 2.04. The van der Waals surface area contributed by atoms with Crippen LogP contribution in [0, 0.1) is 11.3 Å². The highest BCUT2D eigenvalue weighted by atomic mass is 16.5. The maximum Gasteiger partial charge on any atom is 0.247 e. The predicted molar refractivity (Wildman–Crippen MR) is 78.1 cm³/mol. The summed E-state index contributed by atoms with van der Waals surface area (Å²) in [6.45, 7) is 8.68. The number of nitriles is 1. The Bertz CT molecular complexity index is 481. The first kappa shape index (κ1) is 16.2. The number of hydrogen-bond acceptors (Lipinski definition) is 3. The molecule has 20 heavy (non-hydrogen) atoms. The third-order valence-electron chi connectivity index (χ3n) is 2.98. The van der Waals surface area contributed by atoms with Crippen LogP contribution < -0.4 is 5.32 Å². The number of nitrogens with zero attached hydrogens (tertiary/aromatic N) is 1. The van der Waals surface area contributed by atoms with Gasteiger partial charge in [0.2, 0.25) is 5.91 Å². The Hall–Kier alpha value is -1.86. The molecule has 0 aliphatic rings. The van der Waals surface area contributed by atoms with Crippen molar-refractivity contribution in [1.82, 2.24) is 5.32 Å². The summed E-state index contributed by atoms with van der Waals surface area (Å²) in [4.78, 5) is 11.6. The van der Waals surface area contributed by atoms with Crippen molar-refractivity contribution < 1.29 is 9.53 Å². The van der Waals surface area contributed by atoms with E-state index in [-0.39, 0.29) is 17.9 Å². The molecule has 0 bridgehead atoms. The molecule has 0 spiro atoms. The Balaban J connectivity index is 2.76. The molecule has 0 saturated carbocycles. The zero-order chi connectivity index (χ0) is 15.2. The number of carbonyl (C=O) groups is 1. The second kappa shape index (κ2) is 7.06. The fourth-order valence-electron chi connectivity index (χ4n) is 1.76. The van der Waals surface area contributed by atoms with Crippen LogP contribution in [-0.2, 0) is 14.9 Å². The Labute approximate surface area is 120 Å². The first-order valence-electron chi connectivity index (χ1n) is 6.75. The molecule has 0 aromatic heterocycles. The Morgan fingerprint density at radius 2 is 1.95 bits per heavy atom. The summed E-state index contributed by atoms with van der Waals surface area (Å²) < 4.78 is 5.02. The van der Waals surface area contributed by atoms with Gasteiger partial charge < -0.3 is 10.1 Å². The summed E-state index contributed by atoms with van der Waals surface area (Å²) in [7, 11) is 0. The van der Waals surface area contributed by atoms with Crippen LogP contribution in [0.15, 0.2) is 24.3 Å². The first-order chi connectivity index (χ1) is 9.38. The van der Waals surface area contributed by atoms with Crippen LogP contribution in [0.4, 0.5) is 0 Å². The van der Waals surface area contributed by atoms with Crippen molar-refractivity contribution in [3.8, 4) is 6.07 Å². The van der Waals surface area contributed by atoms with Crippen LogP contribution in [0.3, 0.4) is 0 Å². The molecule has 4 heteroatoms. The van der Waals surface area contributed by atoms with Gasteiger partial charge in [0.15, 0.2) is 0 Å². The number of nitrogens with one attached hydrogen (secondary N) is 1. The molecule has 0 radical (unpaired) electrons. The SMILES string of the molecule is CCOCC(=O)N[C@@H](C#N)c1ccc(C(C)(C)C)cc1. The third-order valence-corrected chi connectivity index (χ3v) is 2.98. The average molecular weight is 274 g/mol. The van der Waals surface area contributed by atoms with Crippen molar-refractivity contribution in [2.75, 3.05) is 13.2 Å². The second-order valence-electron chi connectivity index (χ2n) is 5.64. The van der Waals surface area contributed by atoms with Crippen molar-refractivity contribution >= 4 is 5.91 Å². The smallest absolute Gasteiger partial charge is 0.247 e. The molecular formula is C16H22N2O2. The Morgan fingerprint density at radius 1 is 1.35 bits per heavy atom. The van der Waals surface area contributed by atoms with E-state index in [9.17, 15) is 10.1 Å². The van der Waals surface area contributed by atoms with E-state index in [0.717, 1.165) is 5.56 Å². The van der Waals surface area contributed by atoms with Gasteiger partial charge in [0.05, 0.1) is 6.07 Å². The van der Waals surface area contributed by atoms with E-state index >= 15 is 0 Å². The molecule has 0 aliphatic heterocycles. The number of benzene rings is 1. The fraction of sp³-hybridized carbons (Fsp3) is 0.500. The maximum absolute atomic E-state index is 11.6. The van der Waals surface area contributed by atoms with Crippen LogP contribution in [0.2, 0.25) is 0 Å². The van der Waals surface area contributed by atoms with Gasteiger partial charge in [-0.2, -0.15) is 5.26 Å². The number of rotatable bonds is 5. The predicted octanol–water partition coefficient (Wildman–Crippen LogP) is 2.70. The lowest BCUT2D eigenvalue weighted by Gasteiger charge is -2.20. The number of amides is 1. The quantitative estimate of drug-likeness (QED) is 0.898. The van der Waals surface area contributed by atoms with E-state index in [1.165, 1.54) is 5.56 Å². The van der Waals surface area contributed by atoms with Crippen molar-refractivity contribution in [3.05, 3.63) is 35.4 Å². The van der Waals surface area contributed by atoms with E-state index in [2.05, 4.69) is 32.2 Å². The average Bonchev–Trinajstić information content (AvgIpc) is 2.41. The van der Waals surface area contributed by atoms with Gasteiger partial charge in [-0.25, -0.2) is 0 Å². The van der Waals surface area contributed by atoms with Crippen molar-refractivity contribution in [2.45, 2.75) is 39.2 Å². The molecule has 0 saturated heterocycles. The summed E-state index contributed by atoms with van der Waals surface area (Å²) >= 11 is 0. The van der Waals surface area contributed by atoms with E-state index in [4.69, 9.17) is 4.74 Å². The van der Waals surface area contributed by atoms with Gasteiger partial charge in [-0.1, -0.05) is 45.0 Å². The van der Waals surface area contributed by atoms with E-state index in [1.807, 2.05) is 31.2 Å². The Morgan fingerprint density at radius 3 is 2.40 bits per heavy atom. The molecule has 108 valence electrons. The number of carbonyl (C=O) groups excluding carboxylic acids is 1. The highest BCUT2D eigenvalue weighted by molar-refractivity contribution is 5.78. The molecule has 1 amide bonds. The molecule has 4 nitrogen and oxygen atoms in total. The molecule has 0 unspecified atom stereocenters. The maximum atomic E-state index is 11.6. The molecule has 1 atom stereocenters. The minimum atomic E-state index is -0.642. The fourth-order valence-corrected chi connectivity index (χ4v) is 1.76. The zero-order valence-electron chi connectivity index (χ0n) is 12.6. The van der Waals surface area contributed by atoms with E-state index < -0.39 is 6.04 Å². The van der Waals surface area contributed by atoms with Gasteiger partial charge in [-0.05, 0) is 23.5 Å². The van der Waals surface area contributed by atoms with Gasteiger partial charge in [0, 0.05) is 6.61 Å². The van der Waals surface area contributed by atoms with Gasteiger partial charge in [-0.3, -0.25) is 4.79 Å². The van der Waals surface area contributed by atoms with Crippen LogP contribution in [-0.4, -0.2) is 19.1 Å². The highest BCUT2D eigenvalue weighted by Gasteiger charge is 2.16. The van der Waals surface area contributed by atoms with E-state index in [1.54, 1.807) is 0 Å². The minimum Gasteiger partial charge on any atom is -0.372 e. The van der Waals surface area contributed by atoms with Crippen LogP contribution >= 0.6 is 0 Å². The lowest BCUT2D eigenvalue weighted by Crippen LogP contribution is -2.31. The van der Waals surface area contributed by atoms with Gasteiger partial charge >= 0.3 is 0 Å². The topological polar surface area (TPSA) is 62.1 Å². The molecule has 0 aliphatic carbocycles. The summed E-state index contributed by atoms with van der Waals surface area (Å²) in [6.07, 6.45) is 0. The third kappa shape index (κ3) is 4.67. The van der Waals surface area contributed by atoms with Crippen molar-refractivity contribution in [1.29, 1.82) is 5.26 Å². The summed E-state index contributed by atoms with van der Waals surface area (Å²) in [5, 5.41) is 11.8. The molecule has 0 heterocycles. The van der Waals surface area contributed by atoms with Gasteiger partial charge in [0.25, 0.3) is 0 Å². The van der Waals surface area contributed by atoms with Gasteiger partial charge in [-0.15, -0.1) is 0 Å².